The zero-order valence-electron chi connectivity index (χ0n) is 9.52. The Kier molecular flexibility index (Phi) is 5.71. The monoisotopic (exact) mass is 246 g/mol. The molecule has 1 aliphatic rings. The van der Waals surface area contributed by atoms with Crippen LogP contribution in [0.1, 0.15) is 19.3 Å². The predicted octanol–water partition coefficient (Wildman–Crippen LogP) is -0.700. The third-order valence-electron chi connectivity index (χ3n) is 2.56. The molecule has 0 aliphatic carbocycles. The van der Waals surface area contributed by atoms with Crippen molar-refractivity contribution in [3.63, 3.8) is 0 Å². The van der Waals surface area contributed by atoms with E-state index in [4.69, 9.17) is 14.9 Å². The predicted molar refractivity (Wildman–Crippen MR) is 58.6 cm³/mol. The average molecular weight is 246 g/mol. The maximum atomic E-state index is 11.3. The number of urea groups is 1. The lowest BCUT2D eigenvalue weighted by molar-refractivity contribution is -0.140. The van der Waals surface area contributed by atoms with Crippen LogP contribution in [-0.2, 0) is 9.53 Å². The molecule has 2 atom stereocenters. The molecule has 0 aromatic carbocycles. The van der Waals surface area contributed by atoms with Crippen LogP contribution < -0.4 is 10.6 Å². The van der Waals surface area contributed by atoms with Gasteiger partial charge in [0.2, 0.25) is 0 Å². The maximum Gasteiger partial charge on any atom is 0.328 e. The molecule has 1 heterocycles. The lowest BCUT2D eigenvalue weighted by Gasteiger charge is -2.14. The van der Waals surface area contributed by atoms with Gasteiger partial charge in [0.15, 0.2) is 6.04 Å². The van der Waals surface area contributed by atoms with Crippen LogP contribution in [0.15, 0.2) is 0 Å². The van der Waals surface area contributed by atoms with E-state index in [0.29, 0.717) is 13.0 Å². The van der Waals surface area contributed by atoms with Gasteiger partial charge in [-0.1, -0.05) is 0 Å². The first-order valence-electron chi connectivity index (χ1n) is 5.63. The number of aliphatic hydroxyl groups is 1. The molecule has 7 heteroatoms. The summed E-state index contributed by atoms with van der Waals surface area (Å²) < 4.78 is 5.37. The van der Waals surface area contributed by atoms with E-state index >= 15 is 0 Å². The van der Waals surface area contributed by atoms with Crippen LogP contribution >= 0.6 is 0 Å². The van der Waals surface area contributed by atoms with Crippen molar-refractivity contribution in [3.05, 3.63) is 0 Å². The van der Waals surface area contributed by atoms with Gasteiger partial charge < -0.3 is 25.6 Å². The molecule has 4 N–H and O–H groups in total. The van der Waals surface area contributed by atoms with Gasteiger partial charge in [-0.25, -0.2) is 9.59 Å². The number of carboxylic acids is 1. The highest BCUT2D eigenvalue weighted by atomic mass is 16.5. The molecule has 0 aromatic heterocycles. The Labute approximate surface area is 99.1 Å². The number of carbonyl (C=O) groups excluding carboxylic acids is 1. The number of carboxylic acid groups (broad SMARTS) is 1. The first-order valence-corrected chi connectivity index (χ1v) is 5.63. The number of amides is 2. The summed E-state index contributed by atoms with van der Waals surface area (Å²) in [4.78, 5) is 21.8. The maximum absolute atomic E-state index is 11.3. The van der Waals surface area contributed by atoms with Crippen molar-refractivity contribution < 1.29 is 24.5 Å². The summed E-state index contributed by atoms with van der Waals surface area (Å²) in [6, 6.07) is -1.86. The van der Waals surface area contributed by atoms with E-state index in [-0.39, 0.29) is 6.10 Å². The number of hydrogen-bond donors (Lipinski definition) is 4. The summed E-state index contributed by atoms with van der Waals surface area (Å²) >= 11 is 0. The van der Waals surface area contributed by atoms with Gasteiger partial charge in [0.1, 0.15) is 0 Å². The summed E-state index contributed by atoms with van der Waals surface area (Å²) in [7, 11) is 0. The number of aliphatic carboxylic acids is 1. The van der Waals surface area contributed by atoms with Gasteiger partial charge in [-0.2, -0.15) is 0 Å². The largest absolute Gasteiger partial charge is 0.480 e. The van der Waals surface area contributed by atoms with E-state index in [1.54, 1.807) is 0 Å². The van der Waals surface area contributed by atoms with Crippen molar-refractivity contribution >= 4 is 12.0 Å². The topological polar surface area (TPSA) is 108 Å². The third kappa shape index (κ3) is 5.01. The Hall–Kier alpha value is -1.34. The normalized spacial score (nSPS) is 20.9. The molecule has 1 fully saturated rings. The van der Waals surface area contributed by atoms with E-state index in [0.717, 1.165) is 19.4 Å². The van der Waals surface area contributed by atoms with Gasteiger partial charge in [0.05, 0.1) is 12.7 Å². The molecule has 98 valence electrons. The highest BCUT2D eigenvalue weighted by Crippen LogP contribution is 2.14. The van der Waals surface area contributed by atoms with Crippen LogP contribution in [-0.4, -0.2) is 54.1 Å². The van der Waals surface area contributed by atoms with Crippen LogP contribution in [0.25, 0.3) is 0 Å². The number of ether oxygens (including phenoxy) is 1. The standard InChI is InChI=1S/C10H18N2O5/c13-6-8(9(14)15)12-10(16)11-4-3-7-2-1-5-17-7/h7-8,13H,1-6H2,(H,14,15)(H2,11,12,16)/t7?,8-/m1/s1. The summed E-state index contributed by atoms with van der Waals surface area (Å²) in [5.41, 5.74) is 0. The molecular formula is C10H18N2O5. The molecule has 7 nitrogen and oxygen atoms in total. The number of rotatable bonds is 6. The first kappa shape index (κ1) is 13.7. The Bertz CT molecular complexity index is 265. The SMILES string of the molecule is O=C(NCCC1CCCO1)N[C@H](CO)C(=O)O. The van der Waals surface area contributed by atoms with Crippen LogP contribution in [0.3, 0.4) is 0 Å². The molecule has 2 amide bonds. The number of aliphatic hydroxyl groups excluding tert-OH is 1. The zero-order chi connectivity index (χ0) is 12.7. The molecule has 17 heavy (non-hydrogen) atoms. The summed E-state index contributed by atoms with van der Waals surface area (Å²) in [6.45, 7) is 0.561. The van der Waals surface area contributed by atoms with Gasteiger partial charge in [-0.05, 0) is 19.3 Å². The van der Waals surface area contributed by atoms with Gasteiger partial charge in [-0.15, -0.1) is 0 Å². The van der Waals surface area contributed by atoms with Crippen molar-refractivity contribution in [3.8, 4) is 0 Å². The van der Waals surface area contributed by atoms with Gasteiger partial charge in [-0.3, -0.25) is 0 Å². The fourth-order valence-electron chi connectivity index (χ4n) is 1.61. The number of carbonyl (C=O) groups is 2. The van der Waals surface area contributed by atoms with Crippen LogP contribution in [0.5, 0.6) is 0 Å². The molecule has 1 unspecified atom stereocenters. The van der Waals surface area contributed by atoms with Crippen molar-refractivity contribution in [1.29, 1.82) is 0 Å². The Morgan fingerprint density at radius 3 is 2.76 bits per heavy atom. The molecule has 0 saturated carbocycles. The highest BCUT2D eigenvalue weighted by Gasteiger charge is 2.19. The number of hydrogen-bond acceptors (Lipinski definition) is 4. The third-order valence-corrected chi connectivity index (χ3v) is 2.56. The van der Waals surface area contributed by atoms with Crippen molar-refractivity contribution in [2.75, 3.05) is 19.8 Å². The van der Waals surface area contributed by atoms with Crippen molar-refractivity contribution in [2.24, 2.45) is 0 Å². The highest BCUT2D eigenvalue weighted by molar-refractivity contribution is 5.82. The molecule has 1 aliphatic heterocycles. The first-order chi connectivity index (χ1) is 8.13. The van der Waals surface area contributed by atoms with E-state index in [2.05, 4.69) is 10.6 Å². The van der Waals surface area contributed by atoms with Crippen LogP contribution in [0.2, 0.25) is 0 Å². The molecule has 0 aromatic rings. The minimum absolute atomic E-state index is 0.184. The average Bonchev–Trinajstić information content (AvgIpc) is 2.78. The Morgan fingerprint density at radius 1 is 1.47 bits per heavy atom. The Morgan fingerprint density at radius 2 is 2.24 bits per heavy atom. The second-order valence-electron chi connectivity index (χ2n) is 3.90. The Balaban J connectivity index is 2.13. The summed E-state index contributed by atoms with van der Waals surface area (Å²) in [6.07, 6.45) is 2.94. The molecule has 0 spiro atoms. The molecule has 0 radical (unpaired) electrons. The van der Waals surface area contributed by atoms with Crippen LogP contribution in [0.4, 0.5) is 4.79 Å². The van der Waals surface area contributed by atoms with E-state index in [9.17, 15) is 9.59 Å². The zero-order valence-corrected chi connectivity index (χ0v) is 9.52. The van der Waals surface area contributed by atoms with E-state index < -0.39 is 24.6 Å². The fraction of sp³-hybridized carbons (Fsp3) is 0.800. The smallest absolute Gasteiger partial charge is 0.328 e. The summed E-state index contributed by atoms with van der Waals surface area (Å²) in [5.74, 6) is -1.26. The van der Waals surface area contributed by atoms with Crippen LogP contribution in [0, 0.1) is 0 Å². The molecule has 1 saturated heterocycles. The second-order valence-corrected chi connectivity index (χ2v) is 3.90. The van der Waals surface area contributed by atoms with E-state index in [1.807, 2.05) is 0 Å². The second kappa shape index (κ2) is 7.08. The fourth-order valence-corrected chi connectivity index (χ4v) is 1.61. The van der Waals surface area contributed by atoms with Gasteiger partial charge in [0.25, 0.3) is 0 Å². The van der Waals surface area contributed by atoms with Crippen molar-refractivity contribution in [1.82, 2.24) is 10.6 Å². The minimum atomic E-state index is -1.27. The molecular weight excluding hydrogens is 228 g/mol. The van der Waals surface area contributed by atoms with Crippen molar-refractivity contribution in [2.45, 2.75) is 31.4 Å². The molecule has 1 rings (SSSR count). The summed E-state index contributed by atoms with van der Waals surface area (Å²) in [5, 5.41) is 22.0. The lowest BCUT2D eigenvalue weighted by atomic mass is 10.2. The quantitative estimate of drug-likeness (QED) is 0.495. The minimum Gasteiger partial charge on any atom is -0.480 e. The van der Waals surface area contributed by atoms with E-state index in [1.165, 1.54) is 0 Å². The number of nitrogens with one attached hydrogen (secondary N) is 2. The van der Waals surface area contributed by atoms with Gasteiger partial charge >= 0.3 is 12.0 Å². The lowest BCUT2D eigenvalue weighted by Crippen LogP contribution is -2.48. The molecule has 0 bridgehead atoms. The van der Waals surface area contributed by atoms with Gasteiger partial charge in [0, 0.05) is 13.2 Å².